The molecule has 1 aliphatic heterocycles. The van der Waals surface area contributed by atoms with Crippen LogP contribution in [0.5, 0.6) is 5.75 Å². The third-order valence-corrected chi connectivity index (χ3v) is 4.15. The van der Waals surface area contributed by atoms with Gasteiger partial charge in [0.15, 0.2) is 5.96 Å². The Labute approximate surface area is 145 Å². The van der Waals surface area contributed by atoms with Gasteiger partial charge in [-0.15, -0.1) is 0 Å². The van der Waals surface area contributed by atoms with Gasteiger partial charge in [0.1, 0.15) is 11.9 Å². The minimum atomic E-state index is 0.164. The van der Waals surface area contributed by atoms with Crippen molar-refractivity contribution in [3.8, 4) is 5.75 Å². The molecule has 1 aromatic rings. The Kier molecular flexibility index (Phi) is 7.89. The van der Waals surface area contributed by atoms with Gasteiger partial charge in [-0.1, -0.05) is 31.9 Å². The first-order valence-corrected chi connectivity index (χ1v) is 9.01. The fourth-order valence-corrected chi connectivity index (χ4v) is 2.68. The normalized spacial score (nSPS) is 17.8. The number of ether oxygens (including phenoxy) is 2. The number of hydrogen-bond acceptors (Lipinski definition) is 3. The van der Waals surface area contributed by atoms with Crippen LogP contribution in [0.1, 0.15) is 43.7 Å². The van der Waals surface area contributed by atoms with Crippen molar-refractivity contribution in [1.82, 2.24) is 10.6 Å². The summed E-state index contributed by atoms with van der Waals surface area (Å²) < 4.78 is 11.6. The first-order valence-electron chi connectivity index (χ1n) is 9.01. The van der Waals surface area contributed by atoms with E-state index in [9.17, 15) is 0 Å². The molecule has 0 bridgehead atoms. The van der Waals surface area contributed by atoms with Crippen LogP contribution in [0.4, 0.5) is 0 Å². The van der Waals surface area contributed by atoms with Gasteiger partial charge in [-0.3, -0.25) is 4.99 Å². The Morgan fingerprint density at radius 1 is 1.33 bits per heavy atom. The fraction of sp³-hybridized carbons (Fsp3) is 0.632. The quantitative estimate of drug-likeness (QED) is 0.436. The van der Waals surface area contributed by atoms with Crippen LogP contribution in [0.3, 0.4) is 0 Å². The molecule has 5 nitrogen and oxygen atoms in total. The monoisotopic (exact) mass is 333 g/mol. The van der Waals surface area contributed by atoms with E-state index >= 15 is 0 Å². The van der Waals surface area contributed by atoms with E-state index < -0.39 is 0 Å². The average molecular weight is 333 g/mol. The summed E-state index contributed by atoms with van der Waals surface area (Å²) in [5.74, 6) is 1.78. The summed E-state index contributed by atoms with van der Waals surface area (Å²) in [6, 6.07) is 6.34. The lowest BCUT2D eigenvalue weighted by molar-refractivity contribution is 0.140. The number of hydrogen-bond donors (Lipinski definition) is 2. The number of unbranched alkanes of at least 4 members (excludes halogenated alkanes) is 2. The van der Waals surface area contributed by atoms with Crippen LogP contribution in [0.2, 0.25) is 0 Å². The van der Waals surface area contributed by atoms with E-state index in [1.807, 2.05) is 0 Å². The zero-order valence-corrected chi connectivity index (χ0v) is 15.2. The Morgan fingerprint density at radius 2 is 2.21 bits per heavy atom. The molecule has 0 saturated carbocycles. The minimum absolute atomic E-state index is 0.164. The van der Waals surface area contributed by atoms with E-state index in [4.69, 9.17) is 9.47 Å². The Balaban J connectivity index is 1.90. The van der Waals surface area contributed by atoms with Gasteiger partial charge in [0.05, 0.1) is 13.2 Å². The van der Waals surface area contributed by atoms with Crippen molar-refractivity contribution in [2.24, 2.45) is 4.99 Å². The summed E-state index contributed by atoms with van der Waals surface area (Å²) in [4.78, 5) is 4.28. The highest BCUT2D eigenvalue weighted by Gasteiger charge is 2.18. The third kappa shape index (κ3) is 6.04. The van der Waals surface area contributed by atoms with Gasteiger partial charge in [-0.2, -0.15) is 0 Å². The summed E-state index contributed by atoms with van der Waals surface area (Å²) >= 11 is 0. The fourth-order valence-electron chi connectivity index (χ4n) is 2.68. The van der Waals surface area contributed by atoms with Gasteiger partial charge < -0.3 is 20.1 Å². The highest BCUT2D eigenvalue weighted by molar-refractivity contribution is 5.79. The molecule has 0 aromatic heterocycles. The van der Waals surface area contributed by atoms with Gasteiger partial charge in [0.25, 0.3) is 0 Å². The summed E-state index contributed by atoms with van der Waals surface area (Å²) in [5.41, 5.74) is 2.35. The molecule has 1 heterocycles. The predicted octanol–water partition coefficient (Wildman–Crippen LogP) is 3.02. The van der Waals surface area contributed by atoms with Crippen molar-refractivity contribution >= 4 is 5.96 Å². The molecule has 1 saturated heterocycles. The van der Waals surface area contributed by atoms with Crippen LogP contribution < -0.4 is 15.4 Å². The third-order valence-electron chi connectivity index (χ3n) is 4.15. The van der Waals surface area contributed by atoms with Gasteiger partial charge in [0.2, 0.25) is 0 Å². The highest BCUT2D eigenvalue weighted by atomic mass is 16.5. The predicted molar refractivity (Wildman–Crippen MR) is 98.8 cm³/mol. The number of guanidine groups is 1. The van der Waals surface area contributed by atoms with Crippen molar-refractivity contribution in [1.29, 1.82) is 0 Å². The van der Waals surface area contributed by atoms with Crippen molar-refractivity contribution < 1.29 is 9.47 Å². The smallest absolute Gasteiger partial charge is 0.191 e. The maximum absolute atomic E-state index is 6.14. The average Bonchev–Trinajstić information content (AvgIpc) is 3.09. The molecule has 1 unspecified atom stereocenters. The molecule has 2 rings (SSSR count). The lowest BCUT2D eigenvalue weighted by Crippen LogP contribution is -2.37. The number of nitrogens with zero attached hydrogens (tertiary/aromatic N) is 1. The Bertz CT molecular complexity index is 525. The van der Waals surface area contributed by atoms with Gasteiger partial charge in [-0.05, 0) is 25.0 Å². The number of aryl methyl sites for hydroxylation is 1. The van der Waals surface area contributed by atoms with Crippen molar-refractivity contribution in [3.63, 3.8) is 0 Å². The number of nitrogens with one attached hydrogen (secondary N) is 2. The van der Waals surface area contributed by atoms with Gasteiger partial charge >= 0.3 is 0 Å². The first-order chi connectivity index (χ1) is 11.7. The van der Waals surface area contributed by atoms with Crippen LogP contribution in [-0.2, 0) is 11.3 Å². The molecule has 0 radical (unpaired) electrons. The molecule has 0 aliphatic carbocycles. The molecule has 0 spiro atoms. The van der Waals surface area contributed by atoms with Crippen LogP contribution in [0.25, 0.3) is 0 Å². The molecule has 24 heavy (non-hydrogen) atoms. The van der Waals surface area contributed by atoms with Crippen LogP contribution in [-0.4, -0.2) is 38.9 Å². The molecular formula is C19H31N3O2. The second-order valence-electron chi connectivity index (χ2n) is 6.27. The second kappa shape index (κ2) is 10.2. The summed E-state index contributed by atoms with van der Waals surface area (Å²) in [5, 5.41) is 6.73. The number of aliphatic imine (C=N–C) groups is 1. The lowest BCUT2D eigenvalue weighted by atomic mass is 10.1. The van der Waals surface area contributed by atoms with Crippen LogP contribution in [0, 0.1) is 6.92 Å². The van der Waals surface area contributed by atoms with E-state index in [1.54, 1.807) is 7.05 Å². The zero-order chi connectivity index (χ0) is 17.2. The number of benzene rings is 1. The largest absolute Gasteiger partial charge is 0.488 e. The SMILES string of the molecule is CCCCCNC(=NC)NCc1ccc(C)cc1OC1CCOC1. The maximum atomic E-state index is 6.14. The molecule has 1 atom stereocenters. The molecule has 1 aromatic carbocycles. The molecule has 1 fully saturated rings. The minimum Gasteiger partial charge on any atom is -0.488 e. The van der Waals surface area contributed by atoms with Crippen molar-refractivity contribution in [2.45, 2.75) is 52.2 Å². The van der Waals surface area contributed by atoms with Crippen molar-refractivity contribution in [3.05, 3.63) is 29.3 Å². The Hall–Kier alpha value is -1.75. The van der Waals surface area contributed by atoms with E-state index in [0.717, 1.165) is 43.3 Å². The number of rotatable bonds is 8. The molecule has 0 amide bonds. The molecule has 1 aliphatic rings. The summed E-state index contributed by atoms with van der Waals surface area (Å²) in [6.45, 7) is 7.41. The Morgan fingerprint density at radius 3 is 2.92 bits per heavy atom. The first kappa shape index (κ1) is 18.6. The summed E-state index contributed by atoms with van der Waals surface area (Å²) in [6.07, 6.45) is 4.75. The maximum Gasteiger partial charge on any atom is 0.191 e. The van der Waals surface area contributed by atoms with Crippen LogP contribution in [0.15, 0.2) is 23.2 Å². The molecular weight excluding hydrogens is 302 g/mol. The van der Waals surface area contributed by atoms with E-state index in [2.05, 4.69) is 47.7 Å². The zero-order valence-electron chi connectivity index (χ0n) is 15.2. The van der Waals surface area contributed by atoms with E-state index in [-0.39, 0.29) is 6.10 Å². The van der Waals surface area contributed by atoms with Crippen LogP contribution >= 0.6 is 0 Å². The molecule has 5 heteroatoms. The van der Waals surface area contributed by atoms with Gasteiger partial charge in [-0.25, -0.2) is 0 Å². The van der Waals surface area contributed by atoms with Crippen molar-refractivity contribution in [2.75, 3.05) is 26.8 Å². The second-order valence-corrected chi connectivity index (χ2v) is 6.27. The molecule has 134 valence electrons. The highest BCUT2D eigenvalue weighted by Crippen LogP contribution is 2.23. The summed E-state index contributed by atoms with van der Waals surface area (Å²) in [7, 11) is 1.80. The van der Waals surface area contributed by atoms with Gasteiger partial charge in [0, 0.05) is 32.1 Å². The van der Waals surface area contributed by atoms with E-state index in [1.165, 1.54) is 18.4 Å². The van der Waals surface area contributed by atoms with E-state index in [0.29, 0.717) is 13.2 Å². The topological polar surface area (TPSA) is 54.9 Å². The molecule has 2 N–H and O–H groups in total. The standard InChI is InChI=1S/C19H31N3O2/c1-4-5-6-10-21-19(20-3)22-13-16-8-7-15(2)12-18(16)24-17-9-11-23-14-17/h7-8,12,17H,4-6,9-11,13-14H2,1-3H3,(H2,20,21,22). The lowest BCUT2D eigenvalue weighted by Gasteiger charge is -2.18.